The van der Waals surface area contributed by atoms with E-state index in [-0.39, 0.29) is 12.6 Å². The molecule has 0 aromatic heterocycles. The van der Waals surface area contributed by atoms with Gasteiger partial charge in [0.05, 0.1) is 12.2 Å². The van der Waals surface area contributed by atoms with E-state index in [0.717, 1.165) is 17.6 Å². The maximum atomic E-state index is 12.9. The average molecular weight is 371 g/mol. The summed E-state index contributed by atoms with van der Waals surface area (Å²) in [5.74, 6) is -0.364. The predicted molar refractivity (Wildman–Crippen MR) is 97.5 cm³/mol. The number of rotatable bonds is 6. The Morgan fingerprint density at radius 3 is 2.67 bits per heavy atom. The minimum Gasteiger partial charge on any atom is -0.465 e. The van der Waals surface area contributed by atoms with Crippen LogP contribution in [0.3, 0.4) is 0 Å². The first-order chi connectivity index (χ1) is 11.2. The molecule has 5 heteroatoms. The fourth-order valence-electron chi connectivity index (χ4n) is 3.79. The van der Waals surface area contributed by atoms with E-state index < -0.39 is 11.0 Å². The Bertz CT molecular complexity index is 643. The SMILES string of the molecule is C=C(C)C[C@]1(O)CCC[C@]1(Cc1ccc(Cl)cc1Cl)C(=O)OCC. The molecule has 1 aliphatic carbocycles. The molecule has 1 aromatic carbocycles. The van der Waals surface area contributed by atoms with Crippen molar-refractivity contribution in [2.75, 3.05) is 6.61 Å². The fraction of sp³-hybridized carbons (Fsp3) is 0.526. The van der Waals surface area contributed by atoms with Gasteiger partial charge in [-0.05, 0) is 63.6 Å². The van der Waals surface area contributed by atoms with Gasteiger partial charge in [-0.25, -0.2) is 0 Å². The van der Waals surface area contributed by atoms with Crippen molar-refractivity contribution in [2.24, 2.45) is 5.41 Å². The van der Waals surface area contributed by atoms with Crippen molar-refractivity contribution in [3.63, 3.8) is 0 Å². The molecule has 0 unspecified atom stereocenters. The van der Waals surface area contributed by atoms with Crippen LogP contribution in [0.15, 0.2) is 30.4 Å². The monoisotopic (exact) mass is 370 g/mol. The van der Waals surface area contributed by atoms with Crippen molar-refractivity contribution in [3.8, 4) is 0 Å². The molecule has 0 saturated heterocycles. The Labute approximate surface area is 153 Å². The Morgan fingerprint density at radius 2 is 2.08 bits per heavy atom. The molecule has 0 amide bonds. The summed E-state index contributed by atoms with van der Waals surface area (Å²) in [7, 11) is 0. The lowest BCUT2D eigenvalue weighted by atomic mass is 9.68. The van der Waals surface area contributed by atoms with Crippen LogP contribution in [0, 0.1) is 5.41 Å². The van der Waals surface area contributed by atoms with E-state index in [2.05, 4.69) is 6.58 Å². The summed E-state index contributed by atoms with van der Waals surface area (Å²) in [5, 5.41) is 12.4. The second-order valence-electron chi connectivity index (χ2n) is 6.73. The summed E-state index contributed by atoms with van der Waals surface area (Å²) < 4.78 is 5.34. The highest BCUT2D eigenvalue weighted by Gasteiger charge is 2.59. The molecular weight excluding hydrogens is 347 g/mol. The molecule has 0 aliphatic heterocycles. The van der Waals surface area contributed by atoms with Gasteiger partial charge in [0.15, 0.2) is 0 Å². The Morgan fingerprint density at radius 1 is 1.38 bits per heavy atom. The van der Waals surface area contributed by atoms with Crippen molar-refractivity contribution in [2.45, 2.75) is 51.6 Å². The predicted octanol–water partition coefficient (Wildman–Crippen LogP) is 4.97. The van der Waals surface area contributed by atoms with Gasteiger partial charge in [0.1, 0.15) is 5.41 Å². The molecule has 2 rings (SSSR count). The number of hydrogen-bond donors (Lipinski definition) is 1. The van der Waals surface area contributed by atoms with Gasteiger partial charge >= 0.3 is 5.97 Å². The smallest absolute Gasteiger partial charge is 0.315 e. The largest absolute Gasteiger partial charge is 0.465 e. The molecule has 1 saturated carbocycles. The van der Waals surface area contributed by atoms with Gasteiger partial charge in [-0.3, -0.25) is 4.79 Å². The molecule has 0 heterocycles. The first-order valence-electron chi connectivity index (χ1n) is 8.22. The molecule has 1 fully saturated rings. The lowest BCUT2D eigenvalue weighted by molar-refractivity contribution is -0.171. The van der Waals surface area contributed by atoms with Gasteiger partial charge in [0, 0.05) is 10.0 Å². The van der Waals surface area contributed by atoms with Crippen molar-refractivity contribution in [1.29, 1.82) is 0 Å². The zero-order valence-corrected chi connectivity index (χ0v) is 15.7. The summed E-state index contributed by atoms with van der Waals surface area (Å²) in [5.41, 5.74) is -0.556. The normalized spacial score (nSPS) is 26.4. The summed E-state index contributed by atoms with van der Waals surface area (Å²) in [6, 6.07) is 5.21. The van der Waals surface area contributed by atoms with E-state index in [1.54, 1.807) is 19.1 Å². The summed E-state index contributed by atoms with van der Waals surface area (Å²) in [6.45, 7) is 7.83. The number of halogens is 2. The molecule has 132 valence electrons. The number of hydrogen-bond acceptors (Lipinski definition) is 3. The number of benzene rings is 1. The van der Waals surface area contributed by atoms with Gasteiger partial charge in [-0.1, -0.05) is 34.8 Å². The summed E-state index contributed by atoms with van der Waals surface area (Å²) >= 11 is 12.3. The van der Waals surface area contributed by atoms with E-state index in [9.17, 15) is 9.90 Å². The Hall–Kier alpha value is -1.03. The second kappa shape index (κ2) is 7.47. The highest BCUT2D eigenvalue weighted by atomic mass is 35.5. The first-order valence-corrected chi connectivity index (χ1v) is 8.97. The third-order valence-electron chi connectivity index (χ3n) is 4.85. The number of carbonyl (C=O) groups excluding carboxylic acids is 1. The highest BCUT2D eigenvalue weighted by Crippen LogP contribution is 2.53. The highest BCUT2D eigenvalue weighted by molar-refractivity contribution is 6.35. The fourth-order valence-corrected chi connectivity index (χ4v) is 4.26. The topological polar surface area (TPSA) is 46.5 Å². The summed E-state index contributed by atoms with van der Waals surface area (Å²) in [4.78, 5) is 12.9. The average Bonchev–Trinajstić information content (AvgIpc) is 2.79. The zero-order chi connectivity index (χ0) is 18.0. The van der Waals surface area contributed by atoms with Gasteiger partial charge in [0.2, 0.25) is 0 Å². The van der Waals surface area contributed by atoms with Gasteiger partial charge < -0.3 is 9.84 Å². The molecule has 1 aromatic rings. The van der Waals surface area contributed by atoms with Crippen LogP contribution in [0.1, 0.15) is 45.1 Å². The van der Waals surface area contributed by atoms with Crippen LogP contribution in [0.25, 0.3) is 0 Å². The van der Waals surface area contributed by atoms with E-state index in [4.69, 9.17) is 27.9 Å². The minimum atomic E-state index is -1.17. The van der Waals surface area contributed by atoms with E-state index in [0.29, 0.717) is 35.7 Å². The maximum absolute atomic E-state index is 12.9. The van der Waals surface area contributed by atoms with Crippen LogP contribution < -0.4 is 0 Å². The molecule has 0 bridgehead atoms. The molecular formula is C19H24Cl2O3. The Balaban J connectivity index is 2.47. The zero-order valence-electron chi connectivity index (χ0n) is 14.2. The third-order valence-corrected chi connectivity index (χ3v) is 5.44. The van der Waals surface area contributed by atoms with Crippen LogP contribution in [-0.2, 0) is 16.0 Å². The molecule has 24 heavy (non-hydrogen) atoms. The molecule has 3 nitrogen and oxygen atoms in total. The molecule has 0 spiro atoms. The van der Waals surface area contributed by atoms with Gasteiger partial charge in [0.25, 0.3) is 0 Å². The standard InChI is InChI=1S/C19H24Cl2O3/c1-4-24-17(22)18(8-5-9-19(18,23)11-13(2)3)12-14-6-7-15(20)10-16(14)21/h6-7,10,23H,2,4-5,8-9,11-12H2,1,3H3/t18-,19+/m0/s1. The second-order valence-corrected chi connectivity index (χ2v) is 7.58. The van der Waals surface area contributed by atoms with Crippen molar-refractivity contribution in [1.82, 2.24) is 0 Å². The minimum absolute atomic E-state index is 0.276. The van der Waals surface area contributed by atoms with Crippen molar-refractivity contribution >= 4 is 29.2 Å². The molecule has 0 radical (unpaired) electrons. The molecule has 1 N–H and O–H groups in total. The molecule has 1 aliphatic rings. The van der Waals surface area contributed by atoms with Crippen molar-refractivity contribution in [3.05, 3.63) is 46.0 Å². The first kappa shape index (κ1) is 19.3. The van der Waals surface area contributed by atoms with E-state index >= 15 is 0 Å². The van der Waals surface area contributed by atoms with Crippen LogP contribution in [0.5, 0.6) is 0 Å². The number of ether oxygens (including phenoxy) is 1. The summed E-state index contributed by atoms with van der Waals surface area (Å²) in [6.07, 6.45) is 2.56. The number of aliphatic hydroxyl groups is 1. The quantitative estimate of drug-likeness (QED) is 0.568. The van der Waals surface area contributed by atoms with E-state index in [1.807, 2.05) is 13.0 Å². The van der Waals surface area contributed by atoms with Crippen LogP contribution >= 0.6 is 23.2 Å². The molecule has 2 atom stereocenters. The van der Waals surface area contributed by atoms with Gasteiger partial charge in [-0.15, -0.1) is 6.58 Å². The number of esters is 1. The maximum Gasteiger partial charge on any atom is 0.315 e. The lowest BCUT2D eigenvalue weighted by Crippen LogP contribution is -2.51. The van der Waals surface area contributed by atoms with Crippen LogP contribution in [0.2, 0.25) is 10.0 Å². The third kappa shape index (κ3) is 3.63. The number of carbonyl (C=O) groups is 1. The van der Waals surface area contributed by atoms with Crippen LogP contribution in [0.4, 0.5) is 0 Å². The van der Waals surface area contributed by atoms with Gasteiger partial charge in [-0.2, -0.15) is 0 Å². The van der Waals surface area contributed by atoms with Crippen LogP contribution in [-0.4, -0.2) is 23.3 Å². The lowest BCUT2D eigenvalue weighted by Gasteiger charge is -2.41. The van der Waals surface area contributed by atoms with Crippen molar-refractivity contribution < 1.29 is 14.6 Å². The Kier molecular flexibility index (Phi) is 6.00. The van der Waals surface area contributed by atoms with E-state index in [1.165, 1.54) is 0 Å².